The van der Waals surface area contributed by atoms with Crippen molar-refractivity contribution >= 4 is 40.8 Å². The second-order valence-electron chi connectivity index (χ2n) is 8.45. The maximum absolute atomic E-state index is 13.8. The number of aliphatic carboxylic acids is 1. The summed E-state index contributed by atoms with van der Waals surface area (Å²) in [5, 5.41) is 9.69. The van der Waals surface area contributed by atoms with E-state index in [2.05, 4.69) is 4.74 Å². The highest BCUT2D eigenvalue weighted by Crippen LogP contribution is 2.45. The number of alkyl halides is 2. The maximum atomic E-state index is 13.8. The van der Waals surface area contributed by atoms with E-state index in [-0.39, 0.29) is 22.9 Å². The predicted molar refractivity (Wildman–Crippen MR) is 139 cm³/mol. The first kappa shape index (κ1) is 28.4. The summed E-state index contributed by atoms with van der Waals surface area (Å²) >= 11 is 12.8. The number of rotatable bonds is 9. The van der Waals surface area contributed by atoms with Gasteiger partial charge in [0.15, 0.2) is 0 Å². The number of carboxylic acid groups (broad SMARTS) is 1. The lowest BCUT2D eigenvalue weighted by molar-refractivity contribution is -0.147. The summed E-state index contributed by atoms with van der Waals surface area (Å²) < 4.78 is 47.4. The third kappa shape index (κ3) is 6.19. The highest BCUT2D eigenvalue weighted by atomic mass is 35.5. The van der Waals surface area contributed by atoms with Crippen molar-refractivity contribution in [3.63, 3.8) is 0 Å². The van der Waals surface area contributed by atoms with E-state index >= 15 is 0 Å². The number of nitrogens with zero attached hydrogens (tertiary/aromatic N) is 1. The zero-order valence-electron chi connectivity index (χ0n) is 20.7. The van der Waals surface area contributed by atoms with Crippen molar-refractivity contribution in [2.45, 2.75) is 31.8 Å². The van der Waals surface area contributed by atoms with Crippen LogP contribution in [0.3, 0.4) is 0 Å². The minimum Gasteiger partial charge on any atom is -0.497 e. The number of fused-ring (bicyclic) bond motifs is 1. The molecule has 1 heterocycles. The van der Waals surface area contributed by atoms with Gasteiger partial charge in [-0.3, -0.25) is 9.59 Å². The van der Waals surface area contributed by atoms with Crippen LogP contribution in [0.4, 0.5) is 14.5 Å². The van der Waals surface area contributed by atoms with Crippen LogP contribution in [-0.4, -0.2) is 43.9 Å². The molecule has 0 unspecified atom stereocenters. The molecule has 1 aliphatic rings. The zero-order valence-corrected chi connectivity index (χ0v) is 22.2. The van der Waals surface area contributed by atoms with Gasteiger partial charge in [-0.25, -0.2) is 0 Å². The van der Waals surface area contributed by atoms with Gasteiger partial charge in [-0.2, -0.15) is 8.78 Å². The van der Waals surface area contributed by atoms with Crippen LogP contribution >= 0.6 is 23.2 Å². The van der Waals surface area contributed by atoms with Crippen LogP contribution < -0.4 is 19.1 Å². The third-order valence-electron chi connectivity index (χ3n) is 6.08. The quantitative estimate of drug-likeness (QED) is 0.326. The van der Waals surface area contributed by atoms with Gasteiger partial charge in [0.25, 0.3) is 5.91 Å². The lowest BCUT2D eigenvalue weighted by Gasteiger charge is -2.26. The van der Waals surface area contributed by atoms with E-state index in [1.807, 2.05) is 0 Å². The highest BCUT2D eigenvalue weighted by molar-refractivity contribution is 6.33. The summed E-state index contributed by atoms with van der Waals surface area (Å²) in [6.07, 6.45) is -3.28. The van der Waals surface area contributed by atoms with Crippen LogP contribution in [0.15, 0.2) is 54.6 Å². The Labute approximate surface area is 232 Å². The van der Waals surface area contributed by atoms with E-state index < -0.39 is 37.1 Å². The number of hydrogen-bond donors (Lipinski definition) is 1. The molecule has 1 N–H and O–H groups in total. The van der Waals surface area contributed by atoms with Gasteiger partial charge in [-0.05, 0) is 36.4 Å². The molecule has 0 aromatic heterocycles. The molecule has 3 aromatic rings. The second kappa shape index (κ2) is 12.1. The number of carboxylic acids is 1. The third-order valence-corrected chi connectivity index (χ3v) is 6.72. The molecule has 8 nitrogen and oxygen atoms in total. The fourth-order valence-corrected chi connectivity index (χ4v) is 4.79. The molecular formula is C27H23Cl2F2NO7. The molecule has 0 spiro atoms. The summed E-state index contributed by atoms with van der Waals surface area (Å²) in [4.78, 5) is 26.9. The molecule has 4 rings (SSSR count). The van der Waals surface area contributed by atoms with Crippen molar-refractivity contribution in [1.29, 1.82) is 0 Å². The molecule has 0 bridgehead atoms. The topological polar surface area (TPSA) is 94.5 Å². The van der Waals surface area contributed by atoms with Crippen molar-refractivity contribution in [3.05, 3.63) is 81.3 Å². The van der Waals surface area contributed by atoms with E-state index in [4.69, 9.17) is 37.4 Å². The number of methoxy groups -OCH3 is 2. The first-order valence-corrected chi connectivity index (χ1v) is 12.3. The lowest BCUT2D eigenvalue weighted by atomic mass is 9.98. The Morgan fingerprint density at radius 1 is 1.05 bits per heavy atom. The molecule has 12 heteroatoms. The van der Waals surface area contributed by atoms with E-state index in [1.165, 1.54) is 37.3 Å². The number of halogens is 4. The van der Waals surface area contributed by atoms with Crippen LogP contribution in [-0.2, 0) is 20.9 Å². The number of hydrogen-bond acceptors (Lipinski definition) is 6. The van der Waals surface area contributed by atoms with Crippen molar-refractivity contribution in [1.82, 2.24) is 0 Å². The molecule has 39 heavy (non-hydrogen) atoms. The van der Waals surface area contributed by atoms with Crippen LogP contribution in [0.5, 0.6) is 17.2 Å². The van der Waals surface area contributed by atoms with Crippen LogP contribution in [0.2, 0.25) is 10.0 Å². The van der Waals surface area contributed by atoms with E-state index in [9.17, 15) is 23.5 Å². The van der Waals surface area contributed by atoms with Gasteiger partial charge in [-0.1, -0.05) is 35.3 Å². The summed E-state index contributed by atoms with van der Waals surface area (Å²) in [5.74, 6) is -1.25. The predicted octanol–water partition coefficient (Wildman–Crippen LogP) is 6.11. The number of carbonyl (C=O) groups is 2. The summed E-state index contributed by atoms with van der Waals surface area (Å²) in [7, 11) is 2.98. The molecule has 1 amide bonds. The average molecular weight is 582 g/mol. The molecule has 1 aliphatic heterocycles. The zero-order chi connectivity index (χ0) is 28.3. The molecule has 0 saturated heterocycles. The molecular weight excluding hydrogens is 559 g/mol. The molecule has 2 atom stereocenters. The van der Waals surface area contributed by atoms with Crippen molar-refractivity contribution < 1.29 is 42.4 Å². The van der Waals surface area contributed by atoms with Crippen molar-refractivity contribution in [3.8, 4) is 17.2 Å². The van der Waals surface area contributed by atoms with Crippen LogP contribution in [0, 0.1) is 0 Å². The molecule has 0 aliphatic carbocycles. The Morgan fingerprint density at radius 3 is 2.49 bits per heavy atom. The number of amides is 1. The van der Waals surface area contributed by atoms with Gasteiger partial charge in [-0.15, -0.1) is 0 Å². The Hall–Kier alpha value is -3.60. The maximum Gasteiger partial charge on any atom is 0.387 e. The Kier molecular flexibility index (Phi) is 8.79. The van der Waals surface area contributed by atoms with Gasteiger partial charge in [0.05, 0.1) is 37.9 Å². The molecule has 206 valence electrons. The van der Waals surface area contributed by atoms with Gasteiger partial charge in [0.2, 0.25) is 0 Å². The number of ether oxygens (including phenoxy) is 4. The fourth-order valence-electron chi connectivity index (χ4n) is 4.34. The second-order valence-corrected chi connectivity index (χ2v) is 9.26. The Balaban J connectivity index is 1.89. The fraction of sp³-hybridized carbons (Fsp3) is 0.259. The first-order valence-electron chi connectivity index (χ1n) is 11.5. The first-order chi connectivity index (χ1) is 18.6. The van der Waals surface area contributed by atoms with Crippen LogP contribution in [0.25, 0.3) is 0 Å². The minimum atomic E-state index is -3.13. The number of carbonyl (C=O) groups excluding carboxylic acids is 1. The minimum absolute atomic E-state index is 0.0188. The van der Waals surface area contributed by atoms with E-state index in [0.717, 1.165) is 0 Å². The highest BCUT2D eigenvalue weighted by Gasteiger charge is 2.39. The van der Waals surface area contributed by atoms with Gasteiger partial charge < -0.3 is 29.0 Å². The summed E-state index contributed by atoms with van der Waals surface area (Å²) in [6, 6.07) is 14.0. The molecule has 0 fully saturated rings. The summed E-state index contributed by atoms with van der Waals surface area (Å²) in [6.45, 7) is -3.15. The number of benzene rings is 3. The van der Waals surface area contributed by atoms with Gasteiger partial charge in [0.1, 0.15) is 29.5 Å². The monoisotopic (exact) mass is 581 g/mol. The van der Waals surface area contributed by atoms with E-state index in [0.29, 0.717) is 33.3 Å². The Morgan fingerprint density at radius 2 is 1.82 bits per heavy atom. The van der Waals surface area contributed by atoms with Crippen molar-refractivity contribution in [2.75, 3.05) is 19.1 Å². The smallest absolute Gasteiger partial charge is 0.387 e. The van der Waals surface area contributed by atoms with Crippen molar-refractivity contribution in [2.24, 2.45) is 0 Å². The lowest BCUT2D eigenvalue weighted by Crippen LogP contribution is -2.40. The van der Waals surface area contributed by atoms with Gasteiger partial charge >= 0.3 is 12.6 Å². The SMILES string of the molecule is COc1ccc(CN2C(=O)[C@H](CC(=O)O)O[C@@H](c3cccc(OC(F)F)c3Cl)c3cc(Cl)ccc32)c(OC)c1. The standard InChI is InChI=1S/C27H23Cl2F2NO7/c1-36-16-8-6-14(21(11-16)37-2)13-32-19-9-7-15(28)10-18(19)25(38-22(26(32)35)12-23(33)34)17-4-3-5-20(24(17)29)39-27(30)31/h3-11,22,25,27H,12-13H2,1-2H3,(H,33,34)/t22-,25-/m0/s1. The average Bonchev–Trinajstić information content (AvgIpc) is 3.00. The normalized spacial score (nSPS) is 17.0. The molecule has 3 aromatic carbocycles. The van der Waals surface area contributed by atoms with Gasteiger partial charge in [0, 0.05) is 27.8 Å². The number of anilines is 1. The summed E-state index contributed by atoms with van der Waals surface area (Å²) in [5.41, 5.74) is 1.51. The largest absolute Gasteiger partial charge is 0.497 e. The molecule has 0 saturated carbocycles. The van der Waals surface area contributed by atoms with Crippen LogP contribution in [0.1, 0.15) is 29.2 Å². The Bertz CT molecular complexity index is 1390. The molecule has 0 radical (unpaired) electrons. The van der Waals surface area contributed by atoms with E-state index in [1.54, 1.807) is 36.4 Å².